The van der Waals surface area contributed by atoms with E-state index in [0.29, 0.717) is 11.5 Å². The minimum atomic E-state index is -0.344. The van der Waals surface area contributed by atoms with Gasteiger partial charge in [0.1, 0.15) is 11.9 Å². The fourth-order valence-corrected chi connectivity index (χ4v) is 2.83. The zero-order valence-corrected chi connectivity index (χ0v) is 12.0. The second-order valence-electron chi connectivity index (χ2n) is 5.41. The highest BCUT2D eigenvalue weighted by Crippen LogP contribution is 2.24. The molecule has 1 aromatic carbocycles. The molecule has 1 aromatic rings. The number of nitrogens with zero attached hydrogens (tertiary/aromatic N) is 2. The van der Waals surface area contributed by atoms with E-state index in [-0.39, 0.29) is 5.82 Å². The summed E-state index contributed by atoms with van der Waals surface area (Å²) in [6, 6.07) is 6.64. The first-order valence-electron chi connectivity index (χ1n) is 7.40. The van der Waals surface area contributed by atoms with Gasteiger partial charge < -0.3 is 10.2 Å². The molecular formula is C16H22FN3. The maximum atomic E-state index is 13.3. The van der Waals surface area contributed by atoms with Gasteiger partial charge in [-0.25, -0.2) is 4.39 Å². The molecule has 0 spiro atoms. The van der Waals surface area contributed by atoms with Gasteiger partial charge >= 0.3 is 0 Å². The molecule has 0 aromatic heterocycles. The summed E-state index contributed by atoms with van der Waals surface area (Å²) in [5.74, 6) is 0.308. The van der Waals surface area contributed by atoms with Gasteiger partial charge in [-0.3, -0.25) is 0 Å². The molecule has 108 valence electrons. The van der Waals surface area contributed by atoms with Crippen LogP contribution >= 0.6 is 0 Å². The second kappa shape index (κ2) is 7.25. The lowest BCUT2D eigenvalue weighted by atomic mass is 9.97. The lowest BCUT2D eigenvalue weighted by Gasteiger charge is -2.32. The molecule has 0 atom stereocenters. The quantitative estimate of drug-likeness (QED) is 0.898. The Morgan fingerprint density at radius 2 is 2.15 bits per heavy atom. The largest absolute Gasteiger partial charge is 0.370 e. The number of hydrogen-bond acceptors (Lipinski definition) is 3. The van der Waals surface area contributed by atoms with Crippen molar-refractivity contribution >= 4 is 5.69 Å². The molecule has 1 aliphatic heterocycles. The topological polar surface area (TPSA) is 39.1 Å². The van der Waals surface area contributed by atoms with Crippen LogP contribution in [0.5, 0.6) is 0 Å². The Kier molecular flexibility index (Phi) is 5.37. The van der Waals surface area contributed by atoms with Crippen LogP contribution in [0.2, 0.25) is 0 Å². The van der Waals surface area contributed by atoms with Gasteiger partial charge in [-0.15, -0.1) is 0 Å². The summed E-state index contributed by atoms with van der Waals surface area (Å²) in [5.41, 5.74) is 1.31. The van der Waals surface area contributed by atoms with Crippen LogP contribution in [0.15, 0.2) is 18.2 Å². The van der Waals surface area contributed by atoms with Gasteiger partial charge in [0.25, 0.3) is 0 Å². The molecule has 0 radical (unpaired) electrons. The SMILES string of the molecule is CCCN(CC1CCNCC1)c1ccc(F)cc1C#N. The highest BCUT2D eigenvalue weighted by atomic mass is 19.1. The van der Waals surface area contributed by atoms with E-state index < -0.39 is 0 Å². The molecule has 2 rings (SSSR count). The Morgan fingerprint density at radius 3 is 2.80 bits per heavy atom. The number of nitriles is 1. The number of rotatable bonds is 5. The molecule has 1 aliphatic rings. The minimum Gasteiger partial charge on any atom is -0.370 e. The van der Waals surface area contributed by atoms with Crippen molar-refractivity contribution in [2.75, 3.05) is 31.1 Å². The highest BCUT2D eigenvalue weighted by Gasteiger charge is 2.19. The molecule has 4 heteroatoms. The van der Waals surface area contributed by atoms with Crippen molar-refractivity contribution in [3.05, 3.63) is 29.6 Å². The van der Waals surface area contributed by atoms with Gasteiger partial charge in [-0.05, 0) is 56.5 Å². The first kappa shape index (κ1) is 14.8. The standard InChI is InChI=1S/C16H22FN3/c1-2-9-20(12-13-5-7-19-8-6-13)16-4-3-15(17)10-14(16)11-18/h3-4,10,13,19H,2,5-9,12H2,1H3. The first-order valence-corrected chi connectivity index (χ1v) is 7.40. The minimum absolute atomic E-state index is 0.344. The third-order valence-electron chi connectivity index (χ3n) is 3.85. The van der Waals surface area contributed by atoms with Crippen molar-refractivity contribution in [1.82, 2.24) is 5.32 Å². The van der Waals surface area contributed by atoms with E-state index in [1.165, 1.54) is 25.0 Å². The average Bonchev–Trinajstić information content (AvgIpc) is 2.48. The summed E-state index contributed by atoms with van der Waals surface area (Å²) in [7, 11) is 0. The lowest BCUT2D eigenvalue weighted by molar-refractivity contribution is 0.373. The summed E-state index contributed by atoms with van der Waals surface area (Å²) < 4.78 is 13.3. The van der Waals surface area contributed by atoms with Crippen molar-refractivity contribution < 1.29 is 4.39 Å². The van der Waals surface area contributed by atoms with Gasteiger partial charge in [-0.2, -0.15) is 5.26 Å². The number of anilines is 1. The predicted molar refractivity (Wildman–Crippen MR) is 79.2 cm³/mol. The van der Waals surface area contributed by atoms with Crippen LogP contribution in [0, 0.1) is 23.1 Å². The van der Waals surface area contributed by atoms with E-state index >= 15 is 0 Å². The molecule has 1 fully saturated rings. The molecular weight excluding hydrogens is 253 g/mol. The molecule has 0 saturated carbocycles. The van der Waals surface area contributed by atoms with E-state index in [4.69, 9.17) is 0 Å². The van der Waals surface area contributed by atoms with Crippen molar-refractivity contribution in [2.45, 2.75) is 26.2 Å². The van der Waals surface area contributed by atoms with Crippen LogP contribution in [0.25, 0.3) is 0 Å². The van der Waals surface area contributed by atoms with Crippen molar-refractivity contribution in [3.63, 3.8) is 0 Å². The third kappa shape index (κ3) is 3.71. The average molecular weight is 275 g/mol. The fraction of sp³-hybridized carbons (Fsp3) is 0.562. The molecule has 1 N–H and O–H groups in total. The van der Waals surface area contributed by atoms with Gasteiger partial charge in [0.15, 0.2) is 0 Å². The van der Waals surface area contributed by atoms with Crippen LogP contribution < -0.4 is 10.2 Å². The Hall–Kier alpha value is -1.60. The molecule has 0 bridgehead atoms. The molecule has 0 amide bonds. The summed E-state index contributed by atoms with van der Waals surface area (Å²) in [5, 5.41) is 12.6. The van der Waals surface area contributed by atoms with E-state index in [1.807, 2.05) is 0 Å². The predicted octanol–water partition coefficient (Wildman–Crippen LogP) is 2.91. The van der Waals surface area contributed by atoms with E-state index in [1.54, 1.807) is 6.07 Å². The Bertz CT molecular complexity index is 475. The van der Waals surface area contributed by atoms with E-state index in [9.17, 15) is 9.65 Å². The Labute approximate surface area is 120 Å². The van der Waals surface area contributed by atoms with Crippen LogP contribution in [0.4, 0.5) is 10.1 Å². The maximum absolute atomic E-state index is 13.3. The van der Waals surface area contributed by atoms with Gasteiger partial charge in [0.2, 0.25) is 0 Å². The second-order valence-corrected chi connectivity index (χ2v) is 5.41. The molecule has 0 aliphatic carbocycles. The van der Waals surface area contributed by atoms with Crippen molar-refractivity contribution in [2.24, 2.45) is 5.92 Å². The Balaban J connectivity index is 2.17. The van der Waals surface area contributed by atoms with Crippen LogP contribution in [0.1, 0.15) is 31.7 Å². The fourth-order valence-electron chi connectivity index (χ4n) is 2.83. The highest BCUT2D eigenvalue weighted by molar-refractivity contribution is 5.59. The van der Waals surface area contributed by atoms with Gasteiger partial charge in [-0.1, -0.05) is 6.92 Å². The molecule has 3 nitrogen and oxygen atoms in total. The zero-order valence-electron chi connectivity index (χ0n) is 12.0. The van der Waals surface area contributed by atoms with E-state index in [2.05, 4.69) is 23.2 Å². The summed E-state index contributed by atoms with van der Waals surface area (Å²) >= 11 is 0. The number of piperidine rings is 1. The zero-order chi connectivity index (χ0) is 14.4. The number of benzene rings is 1. The molecule has 1 saturated heterocycles. The van der Waals surface area contributed by atoms with E-state index in [0.717, 1.165) is 38.3 Å². The summed E-state index contributed by atoms with van der Waals surface area (Å²) in [4.78, 5) is 2.24. The molecule has 1 heterocycles. The third-order valence-corrected chi connectivity index (χ3v) is 3.85. The normalized spacial score (nSPS) is 15.8. The van der Waals surface area contributed by atoms with Gasteiger partial charge in [0.05, 0.1) is 11.3 Å². The monoisotopic (exact) mass is 275 g/mol. The maximum Gasteiger partial charge on any atom is 0.124 e. The molecule has 0 unspecified atom stereocenters. The number of nitrogens with one attached hydrogen (secondary N) is 1. The summed E-state index contributed by atoms with van der Waals surface area (Å²) in [6.45, 7) is 6.13. The molecule has 20 heavy (non-hydrogen) atoms. The van der Waals surface area contributed by atoms with Crippen molar-refractivity contribution in [3.8, 4) is 6.07 Å². The van der Waals surface area contributed by atoms with Gasteiger partial charge in [0, 0.05) is 13.1 Å². The van der Waals surface area contributed by atoms with Crippen LogP contribution in [-0.2, 0) is 0 Å². The lowest BCUT2D eigenvalue weighted by Crippen LogP contribution is -2.37. The van der Waals surface area contributed by atoms with Crippen LogP contribution in [0.3, 0.4) is 0 Å². The number of hydrogen-bond donors (Lipinski definition) is 1. The summed E-state index contributed by atoms with van der Waals surface area (Å²) in [6.07, 6.45) is 3.36. The number of halogens is 1. The first-order chi connectivity index (χ1) is 9.74. The van der Waals surface area contributed by atoms with Crippen molar-refractivity contribution in [1.29, 1.82) is 5.26 Å². The Morgan fingerprint density at radius 1 is 1.40 bits per heavy atom. The van der Waals surface area contributed by atoms with Crippen LogP contribution in [-0.4, -0.2) is 26.2 Å². The smallest absolute Gasteiger partial charge is 0.124 e.